The van der Waals surface area contributed by atoms with E-state index in [2.05, 4.69) is 17.2 Å². The predicted molar refractivity (Wildman–Crippen MR) is 94.4 cm³/mol. The summed E-state index contributed by atoms with van der Waals surface area (Å²) in [5.74, 6) is -0.232. The molecule has 0 fully saturated rings. The standard InChI is InChI=1S/C17H16N2O2S2/c1-12-2-4-14(5-3-12)18-17-19-15(11-23-17)9-21-16(20)8-13-6-7-22-10-13/h2-7,10-11H,8-9H2,1H3,(H,18,19). The van der Waals surface area contributed by atoms with Crippen molar-refractivity contribution in [3.05, 3.63) is 63.3 Å². The van der Waals surface area contributed by atoms with E-state index < -0.39 is 0 Å². The molecule has 1 aromatic carbocycles. The average Bonchev–Trinajstić information content (AvgIpc) is 3.19. The van der Waals surface area contributed by atoms with E-state index in [4.69, 9.17) is 4.74 Å². The van der Waals surface area contributed by atoms with Gasteiger partial charge in [0.2, 0.25) is 0 Å². The number of carbonyl (C=O) groups is 1. The molecule has 3 aromatic rings. The molecule has 6 heteroatoms. The molecule has 118 valence electrons. The smallest absolute Gasteiger partial charge is 0.310 e. The topological polar surface area (TPSA) is 51.2 Å². The molecule has 0 bridgehead atoms. The summed E-state index contributed by atoms with van der Waals surface area (Å²) in [7, 11) is 0. The largest absolute Gasteiger partial charge is 0.459 e. The second kappa shape index (κ2) is 7.39. The van der Waals surface area contributed by atoms with Crippen LogP contribution in [-0.4, -0.2) is 11.0 Å². The second-order valence-corrected chi connectivity index (χ2v) is 6.74. The molecule has 0 aliphatic heterocycles. The quantitative estimate of drug-likeness (QED) is 0.667. The number of benzene rings is 1. The average molecular weight is 344 g/mol. The molecule has 0 aliphatic carbocycles. The summed E-state index contributed by atoms with van der Waals surface area (Å²) in [6.07, 6.45) is 0.308. The highest BCUT2D eigenvalue weighted by atomic mass is 32.1. The minimum atomic E-state index is -0.232. The van der Waals surface area contributed by atoms with Crippen molar-refractivity contribution < 1.29 is 9.53 Å². The van der Waals surface area contributed by atoms with Gasteiger partial charge in [-0.05, 0) is 41.4 Å². The summed E-state index contributed by atoms with van der Waals surface area (Å²) in [4.78, 5) is 16.2. The number of esters is 1. The number of hydrogen-bond donors (Lipinski definition) is 1. The maximum absolute atomic E-state index is 11.8. The Bertz CT molecular complexity index is 764. The van der Waals surface area contributed by atoms with Crippen molar-refractivity contribution in [2.75, 3.05) is 5.32 Å². The van der Waals surface area contributed by atoms with Crippen LogP contribution in [0, 0.1) is 6.92 Å². The SMILES string of the molecule is Cc1ccc(Nc2nc(COC(=O)Cc3ccsc3)cs2)cc1. The summed E-state index contributed by atoms with van der Waals surface area (Å²) in [6.45, 7) is 2.25. The summed E-state index contributed by atoms with van der Waals surface area (Å²) >= 11 is 3.07. The monoisotopic (exact) mass is 344 g/mol. The number of ether oxygens (including phenoxy) is 1. The molecular formula is C17H16N2O2S2. The third-order valence-corrected chi connectivity index (χ3v) is 4.70. The molecule has 2 aromatic heterocycles. The molecule has 0 saturated heterocycles. The van der Waals surface area contributed by atoms with Gasteiger partial charge in [-0.2, -0.15) is 11.3 Å². The number of thiophene rings is 1. The second-order valence-electron chi connectivity index (χ2n) is 5.10. The van der Waals surface area contributed by atoms with E-state index in [9.17, 15) is 4.79 Å². The van der Waals surface area contributed by atoms with Gasteiger partial charge in [-0.25, -0.2) is 4.98 Å². The van der Waals surface area contributed by atoms with Crippen LogP contribution in [0.5, 0.6) is 0 Å². The lowest BCUT2D eigenvalue weighted by Gasteiger charge is -2.03. The van der Waals surface area contributed by atoms with E-state index in [1.807, 2.05) is 46.5 Å². The van der Waals surface area contributed by atoms with Gasteiger partial charge in [-0.1, -0.05) is 17.7 Å². The fourth-order valence-electron chi connectivity index (χ4n) is 1.96. The summed E-state index contributed by atoms with van der Waals surface area (Å²) < 4.78 is 5.26. The molecule has 23 heavy (non-hydrogen) atoms. The van der Waals surface area contributed by atoms with E-state index >= 15 is 0 Å². The van der Waals surface area contributed by atoms with Crippen molar-refractivity contribution in [1.29, 1.82) is 0 Å². The first kappa shape index (κ1) is 15.7. The minimum Gasteiger partial charge on any atom is -0.459 e. The summed E-state index contributed by atoms with van der Waals surface area (Å²) in [5, 5.41) is 9.83. The lowest BCUT2D eigenvalue weighted by atomic mass is 10.2. The lowest BCUT2D eigenvalue weighted by molar-refractivity contribution is -0.144. The fourth-order valence-corrected chi connectivity index (χ4v) is 3.34. The van der Waals surface area contributed by atoms with Crippen LogP contribution in [-0.2, 0) is 22.6 Å². The van der Waals surface area contributed by atoms with Gasteiger partial charge >= 0.3 is 5.97 Å². The highest BCUT2D eigenvalue weighted by Gasteiger charge is 2.08. The third-order valence-electron chi connectivity index (χ3n) is 3.16. The van der Waals surface area contributed by atoms with E-state index in [0.717, 1.165) is 22.1 Å². The predicted octanol–water partition coefficient (Wildman–Crippen LogP) is 4.54. The van der Waals surface area contributed by atoms with E-state index in [1.165, 1.54) is 16.9 Å². The van der Waals surface area contributed by atoms with Gasteiger partial charge in [-0.15, -0.1) is 11.3 Å². The maximum atomic E-state index is 11.8. The van der Waals surface area contributed by atoms with Crippen LogP contribution in [0.4, 0.5) is 10.8 Å². The first-order valence-electron chi connectivity index (χ1n) is 7.14. The molecule has 2 heterocycles. The summed E-state index contributed by atoms with van der Waals surface area (Å²) in [5.41, 5.74) is 3.95. The Morgan fingerprint density at radius 3 is 2.78 bits per heavy atom. The Labute approximate surface area is 142 Å². The molecule has 0 amide bonds. The molecule has 3 rings (SSSR count). The van der Waals surface area contributed by atoms with E-state index in [0.29, 0.717) is 6.42 Å². The lowest BCUT2D eigenvalue weighted by Crippen LogP contribution is -2.07. The molecule has 0 radical (unpaired) electrons. The van der Waals surface area contributed by atoms with Gasteiger partial charge < -0.3 is 10.1 Å². The Kier molecular flexibility index (Phi) is 5.05. The number of anilines is 2. The first-order valence-corrected chi connectivity index (χ1v) is 8.96. The molecule has 4 nitrogen and oxygen atoms in total. The minimum absolute atomic E-state index is 0.203. The molecule has 0 aliphatic rings. The van der Waals surface area contributed by atoms with Gasteiger partial charge in [0, 0.05) is 11.1 Å². The van der Waals surface area contributed by atoms with Gasteiger partial charge in [0.05, 0.1) is 12.1 Å². The van der Waals surface area contributed by atoms with Crippen LogP contribution in [0.15, 0.2) is 46.5 Å². The van der Waals surface area contributed by atoms with Crippen LogP contribution in [0.3, 0.4) is 0 Å². The Hall–Kier alpha value is -2.18. The molecule has 0 spiro atoms. The van der Waals surface area contributed by atoms with Crippen molar-refractivity contribution in [1.82, 2.24) is 4.98 Å². The molecule has 0 saturated carbocycles. The van der Waals surface area contributed by atoms with Crippen molar-refractivity contribution in [3.63, 3.8) is 0 Å². The number of carbonyl (C=O) groups excluding carboxylic acids is 1. The van der Waals surface area contributed by atoms with Gasteiger partial charge in [-0.3, -0.25) is 4.79 Å². The highest BCUT2D eigenvalue weighted by Crippen LogP contribution is 2.21. The van der Waals surface area contributed by atoms with Crippen LogP contribution in [0.25, 0.3) is 0 Å². The Morgan fingerprint density at radius 2 is 2.04 bits per heavy atom. The van der Waals surface area contributed by atoms with Crippen LogP contribution in [0.2, 0.25) is 0 Å². The normalized spacial score (nSPS) is 10.5. The zero-order chi connectivity index (χ0) is 16.1. The van der Waals surface area contributed by atoms with Gasteiger partial charge in [0.25, 0.3) is 0 Å². The number of nitrogens with zero attached hydrogens (tertiary/aromatic N) is 1. The summed E-state index contributed by atoms with van der Waals surface area (Å²) in [6, 6.07) is 10.0. The first-order chi connectivity index (χ1) is 11.2. The molecular weight excluding hydrogens is 328 g/mol. The van der Waals surface area contributed by atoms with Gasteiger partial charge in [0.1, 0.15) is 6.61 Å². The Balaban J connectivity index is 1.51. The number of aromatic nitrogens is 1. The van der Waals surface area contributed by atoms with Gasteiger partial charge in [0.15, 0.2) is 5.13 Å². The van der Waals surface area contributed by atoms with Crippen LogP contribution in [0.1, 0.15) is 16.8 Å². The fraction of sp³-hybridized carbons (Fsp3) is 0.176. The molecule has 0 atom stereocenters. The number of hydrogen-bond acceptors (Lipinski definition) is 6. The van der Waals surface area contributed by atoms with E-state index in [1.54, 1.807) is 11.3 Å². The van der Waals surface area contributed by atoms with Crippen LogP contribution < -0.4 is 5.32 Å². The van der Waals surface area contributed by atoms with Crippen molar-refractivity contribution in [2.24, 2.45) is 0 Å². The number of nitrogens with one attached hydrogen (secondary N) is 1. The number of thiazole rings is 1. The van der Waals surface area contributed by atoms with Crippen LogP contribution >= 0.6 is 22.7 Å². The molecule has 1 N–H and O–H groups in total. The zero-order valence-corrected chi connectivity index (χ0v) is 14.2. The van der Waals surface area contributed by atoms with Crippen molar-refractivity contribution in [2.45, 2.75) is 20.0 Å². The molecule has 0 unspecified atom stereocenters. The number of rotatable bonds is 6. The maximum Gasteiger partial charge on any atom is 0.310 e. The van der Waals surface area contributed by atoms with Crippen molar-refractivity contribution in [3.8, 4) is 0 Å². The zero-order valence-electron chi connectivity index (χ0n) is 12.6. The Morgan fingerprint density at radius 1 is 1.22 bits per heavy atom. The van der Waals surface area contributed by atoms with Crippen molar-refractivity contribution >= 4 is 39.5 Å². The highest BCUT2D eigenvalue weighted by molar-refractivity contribution is 7.13. The van der Waals surface area contributed by atoms with E-state index in [-0.39, 0.29) is 12.6 Å². The number of aryl methyl sites for hydroxylation is 1. The third kappa shape index (κ3) is 4.64.